The third-order valence-corrected chi connectivity index (χ3v) is 8.20. The van der Waals surface area contributed by atoms with Crippen molar-refractivity contribution < 1.29 is 39.9 Å². The molecule has 0 radical (unpaired) electrons. The van der Waals surface area contributed by atoms with Gasteiger partial charge in [0.1, 0.15) is 11.9 Å². The van der Waals surface area contributed by atoms with Crippen molar-refractivity contribution in [3.05, 3.63) is 52.6 Å². The number of nitrogens with one attached hydrogen (secondary N) is 1. The van der Waals surface area contributed by atoms with Gasteiger partial charge in [0.15, 0.2) is 21.3 Å². The Balaban J connectivity index is 1.80. The largest absolute Gasteiger partial charge is 0.435 e. The smallest absolute Gasteiger partial charge is 0.387 e. The average Bonchev–Trinajstić information content (AvgIpc) is 2.84. The SMILES string of the molecule is Cc1nnc(N[C@H](C)c2cccc(C(F)(F)C(C)O)c2F)c2cc(N3CCS(=O)(=O)CC3)c(C(F)(F)F)nc12. The van der Waals surface area contributed by atoms with Crippen LogP contribution in [-0.4, -0.2) is 59.4 Å². The number of hydrogen-bond acceptors (Lipinski definition) is 8. The number of halogens is 6. The molecule has 15 heteroatoms. The summed E-state index contributed by atoms with van der Waals surface area (Å²) in [6, 6.07) is 3.46. The molecule has 4 rings (SSSR count). The molecule has 0 spiro atoms. The molecule has 1 unspecified atom stereocenters. The van der Waals surface area contributed by atoms with E-state index in [0.29, 0.717) is 0 Å². The minimum Gasteiger partial charge on any atom is -0.387 e. The highest BCUT2D eigenvalue weighted by Crippen LogP contribution is 2.40. The van der Waals surface area contributed by atoms with Crippen molar-refractivity contribution >= 4 is 32.2 Å². The Kier molecular flexibility index (Phi) is 7.44. The normalized spacial score (nSPS) is 17.7. The van der Waals surface area contributed by atoms with Crippen LogP contribution < -0.4 is 10.2 Å². The van der Waals surface area contributed by atoms with Crippen molar-refractivity contribution in [2.75, 3.05) is 34.8 Å². The number of anilines is 2. The summed E-state index contributed by atoms with van der Waals surface area (Å²) in [4.78, 5) is 5.10. The van der Waals surface area contributed by atoms with Gasteiger partial charge in [-0.3, -0.25) is 0 Å². The lowest BCUT2D eigenvalue weighted by molar-refractivity contribution is -0.140. The monoisotopic (exact) mass is 577 g/mol. The molecule has 2 atom stereocenters. The van der Waals surface area contributed by atoms with Crippen LogP contribution in [0.3, 0.4) is 0 Å². The zero-order valence-electron chi connectivity index (χ0n) is 21.0. The van der Waals surface area contributed by atoms with Gasteiger partial charge in [-0.25, -0.2) is 17.8 Å². The lowest BCUT2D eigenvalue weighted by Gasteiger charge is -2.31. The van der Waals surface area contributed by atoms with Gasteiger partial charge in [-0.05, 0) is 32.9 Å². The number of nitrogens with zero attached hydrogens (tertiary/aromatic N) is 4. The third kappa shape index (κ3) is 5.60. The Bertz CT molecular complexity index is 1500. The van der Waals surface area contributed by atoms with E-state index in [1.54, 1.807) is 0 Å². The molecule has 39 heavy (non-hydrogen) atoms. The fourth-order valence-corrected chi connectivity index (χ4v) is 5.55. The van der Waals surface area contributed by atoms with Crippen LogP contribution in [0.5, 0.6) is 0 Å². The molecule has 2 N–H and O–H groups in total. The van der Waals surface area contributed by atoms with Gasteiger partial charge in [-0.15, -0.1) is 5.10 Å². The summed E-state index contributed by atoms with van der Waals surface area (Å²) in [5.41, 5.74) is -2.85. The standard InChI is InChI=1S/C24H25F6N5O3S/c1-12(15-5-4-6-17(19(15)25)23(26,27)14(3)36)31-22-16-11-18(35-7-9-39(37,38)10-8-35)21(24(28,29)30)32-20(16)13(2)33-34-22/h4-6,11-12,14,36H,7-10H2,1-3H3,(H,31,34)/t12-,14?/m1/s1. The zero-order valence-corrected chi connectivity index (χ0v) is 21.8. The first kappa shape index (κ1) is 28.8. The number of aryl methyl sites for hydroxylation is 1. The summed E-state index contributed by atoms with van der Waals surface area (Å²) in [6.07, 6.45) is -7.02. The molecule has 1 saturated heterocycles. The topological polar surface area (TPSA) is 108 Å². The summed E-state index contributed by atoms with van der Waals surface area (Å²) in [5.74, 6) is -5.87. The number of alkyl halides is 5. The van der Waals surface area contributed by atoms with Gasteiger partial charge in [0.05, 0.1) is 40.0 Å². The van der Waals surface area contributed by atoms with Crippen molar-refractivity contribution in [2.24, 2.45) is 0 Å². The van der Waals surface area contributed by atoms with Crippen molar-refractivity contribution in [3.8, 4) is 0 Å². The van der Waals surface area contributed by atoms with E-state index in [9.17, 15) is 35.5 Å². The second-order valence-electron chi connectivity index (χ2n) is 9.40. The number of pyridine rings is 1. The van der Waals surface area contributed by atoms with E-state index in [-0.39, 0.29) is 58.3 Å². The minimum atomic E-state index is -4.87. The molecule has 0 bridgehead atoms. The molecule has 8 nitrogen and oxygen atoms in total. The number of rotatable bonds is 6. The maximum absolute atomic E-state index is 15.2. The van der Waals surface area contributed by atoms with E-state index >= 15 is 4.39 Å². The van der Waals surface area contributed by atoms with Crippen LogP contribution in [0.1, 0.15) is 42.4 Å². The van der Waals surface area contributed by atoms with Gasteiger partial charge >= 0.3 is 12.1 Å². The number of aliphatic hydroxyl groups excluding tert-OH is 1. The quantitative estimate of drug-likeness (QED) is 0.416. The van der Waals surface area contributed by atoms with Gasteiger partial charge in [-0.2, -0.15) is 27.1 Å². The van der Waals surface area contributed by atoms with E-state index in [4.69, 9.17) is 0 Å². The second-order valence-corrected chi connectivity index (χ2v) is 11.7. The van der Waals surface area contributed by atoms with Gasteiger partial charge < -0.3 is 15.3 Å². The molecular formula is C24H25F6N5O3S. The molecule has 3 aromatic rings. The molecule has 0 aliphatic carbocycles. The van der Waals surface area contributed by atoms with Crippen LogP contribution >= 0.6 is 0 Å². The van der Waals surface area contributed by atoms with Crippen molar-refractivity contribution in [3.63, 3.8) is 0 Å². The summed E-state index contributed by atoms with van der Waals surface area (Å²) in [7, 11) is -3.38. The van der Waals surface area contributed by atoms with Crippen LogP contribution in [0.2, 0.25) is 0 Å². The Morgan fingerprint density at radius 1 is 1.08 bits per heavy atom. The first-order valence-electron chi connectivity index (χ1n) is 11.8. The number of sulfone groups is 1. The molecule has 1 aliphatic heterocycles. The molecule has 3 heterocycles. The number of hydrogen-bond donors (Lipinski definition) is 2. The predicted octanol–water partition coefficient (Wildman–Crippen LogP) is 4.37. The Labute approximate surface area is 220 Å². The van der Waals surface area contributed by atoms with E-state index in [0.717, 1.165) is 13.0 Å². The van der Waals surface area contributed by atoms with Crippen LogP contribution in [0.15, 0.2) is 24.3 Å². The molecule has 2 aromatic heterocycles. The van der Waals surface area contributed by atoms with Crippen LogP contribution in [0, 0.1) is 12.7 Å². The zero-order chi connectivity index (χ0) is 28.9. The molecule has 1 aliphatic rings. The van der Waals surface area contributed by atoms with E-state index in [1.165, 1.54) is 36.9 Å². The maximum Gasteiger partial charge on any atom is 0.435 e. The third-order valence-electron chi connectivity index (χ3n) is 6.59. The highest BCUT2D eigenvalue weighted by atomic mass is 32.2. The lowest BCUT2D eigenvalue weighted by atomic mass is 9.97. The Hall–Kier alpha value is -3.20. The fraction of sp³-hybridized carbons (Fsp3) is 0.458. The number of benzene rings is 1. The fourth-order valence-electron chi connectivity index (χ4n) is 4.34. The Morgan fingerprint density at radius 3 is 2.31 bits per heavy atom. The van der Waals surface area contributed by atoms with Gasteiger partial charge in [0.25, 0.3) is 0 Å². The average molecular weight is 578 g/mol. The minimum absolute atomic E-state index is 0.0752. The van der Waals surface area contributed by atoms with E-state index in [2.05, 4.69) is 20.5 Å². The molecule has 0 saturated carbocycles. The van der Waals surface area contributed by atoms with Crippen molar-refractivity contribution in [1.29, 1.82) is 0 Å². The van der Waals surface area contributed by atoms with E-state index in [1.807, 2.05) is 0 Å². The number of fused-ring (bicyclic) bond motifs is 1. The number of aliphatic hydroxyl groups is 1. The summed E-state index contributed by atoms with van der Waals surface area (Å²) < 4.78 is 110. The Morgan fingerprint density at radius 2 is 1.72 bits per heavy atom. The molecule has 1 fully saturated rings. The second kappa shape index (κ2) is 10.1. The van der Waals surface area contributed by atoms with Gasteiger partial charge in [-0.1, -0.05) is 12.1 Å². The van der Waals surface area contributed by atoms with Crippen LogP contribution in [0.25, 0.3) is 10.9 Å². The van der Waals surface area contributed by atoms with Crippen molar-refractivity contribution in [1.82, 2.24) is 15.2 Å². The summed E-state index contributed by atoms with van der Waals surface area (Å²) >= 11 is 0. The van der Waals surface area contributed by atoms with Gasteiger partial charge in [0, 0.05) is 24.0 Å². The van der Waals surface area contributed by atoms with Crippen LogP contribution in [0.4, 0.5) is 37.8 Å². The van der Waals surface area contributed by atoms with Gasteiger partial charge in [0.2, 0.25) is 0 Å². The van der Waals surface area contributed by atoms with E-state index < -0.39 is 51.2 Å². The summed E-state index contributed by atoms with van der Waals surface area (Å²) in [6.45, 7) is 3.32. The lowest BCUT2D eigenvalue weighted by Crippen LogP contribution is -2.41. The first-order valence-corrected chi connectivity index (χ1v) is 13.7. The molecule has 1 aromatic carbocycles. The highest BCUT2D eigenvalue weighted by molar-refractivity contribution is 7.91. The van der Waals surface area contributed by atoms with Crippen molar-refractivity contribution in [2.45, 2.75) is 45.0 Å². The highest BCUT2D eigenvalue weighted by Gasteiger charge is 2.41. The molecule has 212 valence electrons. The van der Waals surface area contributed by atoms with Crippen LogP contribution in [-0.2, 0) is 21.9 Å². The molecular weight excluding hydrogens is 552 g/mol. The maximum atomic E-state index is 15.2. The number of aromatic nitrogens is 3. The predicted molar refractivity (Wildman–Crippen MR) is 132 cm³/mol. The molecule has 0 amide bonds. The summed E-state index contributed by atoms with van der Waals surface area (Å²) in [5, 5.41) is 20.2. The first-order chi connectivity index (χ1) is 18.0.